The quantitative estimate of drug-likeness (QED) is 0.922. The lowest BCUT2D eigenvalue weighted by Gasteiger charge is -2.40. The minimum Gasteiger partial charge on any atom is -0.380 e. The fourth-order valence-corrected chi connectivity index (χ4v) is 2.50. The summed E-state index contributed by atoms with van der Waals surface area (Å²) in [5, 5.41) is 0. The van der Waals surface area contributed by atoms with E-state index in [2.05, 4.69) is 47.1 Å². The smallest absolute Gasteiger partial charge is 0.0542 e. The molecule has 1 aromatic carbocycles. The molecule has 2 nitrogen and oxygen atoms in total. The average molecular weight is 284 g/mol. The van der Waals surface area contributed by atoms with Crippen LogP contribution in [0.15, 0.2) is 28.7 Å². The van der Waals surface area contributed by atoms with Crippen molar-refractivity contribution < 1.29 is 4.74 Å². The van der Waals surface area contributed by atoms with E-state index in [0.717, 1.165) is 24.1 Å². The first-order valence-corrected chi connectivity index (χ1v) is 6.45. The predicted octanol–water partition coefficient (Wildman–Crippen LogP) is 2.92. The molecule has 1 saturated heterocycles. The van der Waals surface area contributed by atoms with E-state index in [1.165, 1.54) is 5.56 Å². The van der Waals surface area contributed by atoms with Gasteiger partial charge in [-0.15, -0.1) is 0 Å². The molecule has 16 heavy (non-hydrogen) atoms. The molecule has 1 fully saturated rings. The van der Waals surface area contributed by atoms with Gasteiger partial charge >= 0.3 is 0 Å². The van der Waals surface area contributed by atoms with Gasteiger partial charge in [0.15, 0.2) is 0 Å². The normalized spacial score (nSPS) is 20.2. The van der Waals surface area contributed by atoms with Gasteiger partial charge in [0.1, 0.15) is 0 Å². The molecule has 0 amide bonds. The highest BCUT2D eigenvalue weighted by atomic mass is 79.9. The SMILES string of the molecule is CC1(CC(CN)c2ccc(Br)cc2)COC1. The zero-order valence-electron chi connectivity index (χ0n) is 9.58. The van der Waals surface area contributed by atoms with E-state index in [9.17, 15) is 0 Å². The molecule has 0 aromatic heterocycles. The first-order chi connectivity index (χ1) is 7.63. The largest absolute Gasteiger partial charge is 0.380 e. The van der Waals surface area contributed by atoms with Crippen LogP contribution in [0.4, 0.5) is 0 Å². The van der Waals surface area contributed by atoms with Crippen LogP contribution >= 0.6 is 15.9 Å². The summed E-state index contributed by atoms with van der Waals surface area (Å²) < 4.78 is 6.41. The van der Waals surface area contributed by atoms with Crippen LogP contribution < -0.4 is 5.73 Å². The van der Waals surface area contributed by atoms with E-state index in [0.29, 0.717) is 17.9 Å². The van der Waals surface area contributed by atoms with Crippen molar-refractivity contribution in [3.8, 4) is 0 Å². The van der Waals surface area contributed by atoms with Gasteiger partial charge in [-0.25, -0.2) is 0 Å². The topological polar surface area (TPSA) is 35.2 Å². The number of ether oxygens (including phenoxy) is 1. The van der Waals surface area contributed by atoms with E-state index in [1.54, 1.807) is 0 Å². The van der Waals surface area contributed by atoms with Crippen molar-refractivity contribution in [3.05, 3.63) is 34.3 Å². The van der Waals surface area contributed by atoms with Gasteiger partial charge in [-0.1, -0.05) is 35.0 Å². The van der Waals surface area contributed by atoms with Gasteiger partial charge in [0, 0.05) is 9.89 Å². The summed E-state index contributed by atoms with van der Waals surface area (Å²) in [4.78, 5) is 0. The van der Waals surface area contributed by atoms with Gasteiger partial charge < -0.3 is 10.5 Å². The summed E-state index contributed by atoms with van der Waals surface area (Å²) in [6, 6.07) is 8.48. The summed E-state index contributed by atoms with van der Waals surface area (Å²) in [6.07, 6.45) is 1.12. The molecule has 1 aliphatic heterocycles. The van der Waals surface area contributed by atoms with Crippen molar-refractivity contribution in [1.82, 2.24) is 0 Å². The van der Waals surface area contributed by atoms with Crippen molar-refractivity contribution in [2.45, 2.75) is 19.3 Å². The summed E-state index contributed by atoms with van der Waals surface area (Å²) in [7, 11) is 0. The summed E-state index contributed by atoms with van der Waals surface area (Å²) in [5.74, 6) is 0.446. The molecule has 2 N–H and O–H groups in total. The predicted molar refractivity (Wildman–Crippen MR) is 69.5 cm³/mol. The van der Waals surface area contributed by atoms with Gasteiger partial charge in [0.25, 0.3) is 0 Å². The van der Waals surface area contributed by atoms with Gasteiger partial charge in [-0.2, -0.15) is 0 Å². The third-order valence-electron chi connectivity index (χ3n) is 3.27. The first-order valence-electron chi connectivity index (χ1n) is 5.66. The van der Waals surface area contributed by atoms with E-state index in [-0.39, 0.29) is 0 Å². The second-order valence-corrected chi connectivity index (χ2v) is 5.91. The minimum absolute atomic E-state index is 0.330. The van der Waals surface area contributed by atoms with Crippen molar-refractivity contribution in [3.63, 3.8) is 0 Å². The third-order valence-corrected chi connectivity index (χ3v) is 3.79. The molecule has 0 bridgehead atoms. The zero-order valence-corrected chi connectivity index (χ0v) is 11.2. The van der Waals surface area contributed by atoms with Crippen molar-refractivity contribution in [1.29, 1.82) is 0 Å². The van der Waals surface area contributed by atoms with Crippen molar-refractivity contribution >= 4 is 15.9 Å². The van der Waals surface area contributed by atoms with Crippen LogP contribution in [-0.2, 0) is 4.74 Å². The van der Waals surface area contributed by atoms with Crippen LogP contribution in [0.3, 0.4) is 0 Å². The molecule has 1 atom stereocenters. The maximum absolute atomic E-state index is 5.88. The Kier molecular flexibility index (Phi) is 3.67. The molecule has 0 spiro atoms. The maximum Gasteiger partial charge on any atom is 0.0542 e. The maximum atomic E-state index is 5.88. The number of rotatable bonds is 4. The molecule has 0 saturated carbocycles. The third kappa shape index (κ3) is 2.65. The molecular formula is C13H18BrNO. The van der Waals surface area contributed by atoms with Crippen molar-refractivity contribution in [2.75, 3.05) is 19.8 Å². The molecule has 0 aliphatic carbocycles. The zero-order chi connectivity index (χ0) is 11.6. The lowest BCUT2D eigenvalue weighted by molar-refractivity contribution is -0.108. The Labute approximate surface area is 105 Å². The van der Waals surface area contributed by atoms with E-state index < -0.39 is 0 Å². The summed E-state index contributed by atoms with van der Waals surface area (Å²) in [6.45, 7) is 4.73. The molecule has 0 radical (unpaired) electrons. The Balaban J connectivity index is 2.07. The van der Waals surface area contributed by atoms with E-state index in [1.807, 2.05) is 0 Å². The van der Waals surface area contributed by atoms with E-state index in [4.69, 9.17) is 10.5 Å². The molecule has 1 aliphatic rings. The Bertz CT molecular complexity index is 345. The highest BCUT2D eigenvalue weighted by Crippen LogP contribution is 2.37. The van der Waals surface area contributed by atoms with Gasteiger partial charge in [0.05, 0.1) is 13.2 Å². The lowest BCUT2D eigenvalue weighted by Crippen LogP contribution is -2.41. The van der Waals surface area contributed by atoms with Crippen LogP contribution in [0.1, 0.15) is 24.8 Å². The Hall–Kier alpha value is -0.380. The van der Waals surface area contributed by atoms with Crippen LogP contribution in [0.25, 0.3) is 0 Å². The Morgan fingerprint density at radius 2 is 2.00 bits per heavy atom. The second kappa shape index (κ2) is 4.86. The number of halogens is 1. The molecule has 2 rings (SSSR count). The van der Waals surface area contributed by atoms with Crippen LogP contribution in [0.5, 0.6) is 0 Å². The average Bonchev–Trinajstić information content (AvgIpc) is 2.25. The van der Waals surface area contributed by atoms with E-state index >= 15 is 0 Å². The molecule has 1 aromatic rings. The monoisotopic (exact) mass is 283 g/mol. The highest BCUT2D eigenvalue weighted by Gasteiger charge is 2.35. The first kappa shape index (κ1) is 12.1. The molecular weight excluding hydrogens is 266 g/mol. The molecule has 1 unspecified atom stereocenters. The molecule has 3 heteroatoms. The van der Waals surface area contributed by atoms with Crippen LogP contribution in [0, 0.1) is 5.41 Å². The number of nitrogens with two attached hydrogens (primary N) is 1. The van der Waals surface area contributed by atoms with Crippen LogP contribution in [0.2, 0.25) is 0 Å². The van der Waals surface area contributed by atoms with Crippen molar-refractivity contribution in [2.24, 2.45) is 11.1 Å². The Morgan fingerprint density at radius 3 is 2.44 bits per heavy atom. The molecule has 1 heterocycles. The summed E-state index contributed by atoms with van der Waals surface area (Å²) >= 11 is 3.45. The Morgan fingerprint density at radius 1 is 1.38 bits per heavy atom. The number of hydrogen-bond donors (Lipinski definition) is 1. The number of hydrogen-bond acceptors (Lipinski definition) is 2. The van der Waals surface area contributed by atoms with Gasteiger partial charge in [-0.05, 0) is 36.6 Å². The van der Waals surface area contributed by atoms with Crippen LogP contribution in [-0.4, -0.2) is 19.8 Å². The highest BCUT2D eigenvalue weighted by molar-refractivity contribution is 9.10. The standard InChI is InChI=1S/C13H18BrNO/c1-13(8-16-9-13)6-11(7-15)10-2-4-12(14)5-3-10/h2-5,11H,6-9,15H2,1H3. The second-order valence-electron chi connectivity index (χ2n) is 4.99. The lowest BCUT2D eigenvalue weighted by atomic mass is 9.77. The fraction of sp³-hybridized carbons (Fsp3) is 0.538. The van der Waals surface area contributed by atoms with Gasteiger partial charge in [0.2, 0.25) is 0 Å². The summed E-state index contributed by atoms with van der Waals surface area (Å²) in [5.41, 5.74) is 7.54. The number of benzene rings is 1. The fourth-order valence-electron chi connectivity index (χ4n) is 2.24. The minimum atomic E-state index is 0.330. The van der Waals surface area contributed by atoms with Gasteiger partial charge in [-0.3, -0.25) is 0 Å². The molecule has 88 valence electrons.